The predicted octanol–water partition coefficient (Wildman–Crippen LogP) is 5.42. The summed E-state index contributed by atoms with van der Waals surface area (Å²) in [6.45, 7) is 0. The number of nitro groups is 2. The Hall–Kier alpha value is -3.53. The first kappa shape index (κ1) is 21.2. The van der Waals surface area contributed by atoms with Crippen LogP contribution in [0.15, 0.2) is 47.6 Å². The Labute approximate surface area is 175 Å². The van der Waals surface area contributed by atoms with E-state index in [0.29, 0.717) is 34.8 Å². The van der Waals surface area contributed by atoms with E-state index >= 15 is 0 Å². The standard InChI is InChI=1S/C19H17ClN4O6/c20-15-6-2-4-8-17(15)21-19(25)30-22-16-7-3-1-5-13(16)14-10-9-12(23(26)27)11-18(14)24(28)29/h2,4,6,8-11,13H,1,3,5,7H2,(H,21,25). The van der Waals surface area contributed by atoms with E-state index in [2.05, 4.69) is 10.5 Å². The number of oxime groups is 1. The van der Waals surface area contributed by atoms with Gasteiger partial charge in [-0.05, 0) is 37.5 Å². The molecule has 1 unspecified atom stereocenters. The summed E-state index contributed by atoms with van der Waals surface area (Å²) < 4.78 is 0. The van der Waals surface area contributed by atoms with E-state index < -0.39 is 21.9 Å². The van der Waals surface area contributed by atoms with Gasteiger partial charge in [0.2, 0.25) is 0 Å². The average Bonchev–Trinajstić information content (AvgIpc) is 2.73. The molecule has 10 nitrogen and oxygen atoms in total. The predicted molar refractivity (Wildman–Crippen MR) is 110 cm³/mol. The second kappa shape index (κ2) is 9.31. The van der Waals surface area contributed by atoms with Crippen molar-refractivity contribution in [3.63, 3.8) is 0 Å². The number of hydrogen-bond donors (Lipinski definition) is 1. The molecule has 0 aromatic heterocycles. The zero-order valence-electron chi connectivity index (χ0n) is 15.6. The molecule has 0 spiro atoms. The quantitative estimate of drug-likeness (QED) is 0.380. The van der Waals surface area contributed by atoms with Crippen LogP contribution in [0.2, 0.25) is 5.02 Å². The molecular weight excluding hydrogens is 416 g/mol. The number of anilines is 1. The van der Waals surface area contributed by atoms with Gasteiger partial charge in [0.05, 0.1) is 32.3 Å². The summed E-state index contributed by atoms with van der Waals surface area (Å²) in [7, 11) is 0. The lowest BCUT2D eigenvalue weighted by atomic mass is 9.81. The van der Waals surface area contributed by atoms with Crippen molar-refractivity contribution in [3.8, 4) is 0 Å². The van der Waals surface area contributed by atoms with Gasteiger partial charge in [0.1, 0.15) is 0 Å². The van der Waals surface area contributed by atoms with Crippen molar-refractivity contribution < 1.29 is 19.5 Å². The summed E-state index contributed by atoms with van der Waals surface area (Å²) in [6, 6.07) is 10.1. The third kappa shape index (κ3) is 4.90. The largest absolute Gasteiger partial charge is 0.437 e. The van der Waals surface area contributed by atoms with E-state index in [4.69, 9.17) is 16.4 Å². The van der Waals surface area contributed by atoms with Crippen molar-refractivity contribution in [2.24, 2.45) is 5.16 Å². The fourth-order valence-corrected chi connectivity index (χ4v) is 3.52. The molecule has 1 aliphatic rings. The van der Waals surface area contributed by atoms with Crippen molar-refractivity contribution in [2.45, 2.75) is 31.6 Å². The van der Waals surface area contributed by atoms with Crippen molar-refractivity contribution in [2.75, 3.05) is 5.32 Å². The van der Waals surface area contributed by atoms with Crippen molar-refractivity contribution >= 4 is 40.5 Å². The maximum atomic E-state index is 12.1. The fraction of sp³-hybridized carbons (Fsp3) is 0.263. The van der Waals surface area contributed by atoms with E-state index in [1.54, 1.807) is 24.3 Å². The fourth-order valence-electron chi connectivity index (χ4n) is 3.33. The Kier molecular flexibility index (Phi) is 6.58. The summed E-state index contributed by atoms with van der Waals surface area (Å²) in [6.07, 6.45) is 1.76. The second-order valence-electron chi connectivity index (χ2n) is 6.62. The Morgan fingerprint density at radius 2 is 1.90 bits per heavy atom. The number of non-ortho nitro benzene ring substituents is 1. The van der Waals surface area contributed by atoms with Gasteiger partial charge in [-0.2, -0.15) is 0 Å². The third-order valence-electron chi connectivity index (χ3n) is 4.73. The maximum Gasteiger partial charge on any atom is 0.437 e. The van der Waals surface area contributed by atoms with Gasteiger partial charge in [-0.3, -0.25) is 30.4 Å². The summed E-state index contributed by atoms with van der Waals surface area (Å²) in [5.41, 5.74) is 0.404. The molecule has 3 rings (SSSR count). The van der Waals surface area contributed by atoms with Crippen LogP contribution in [-0.4, -0.2) is 21.7 Å². The first-order valence-corrected chi connectivity index (χ1v) is 9.46. The summed E-state index contributed by atoms with van der Waals surface area (Å²) >= 11 is 5.98. The van der Waals surface area contributed by atoms with Crippen LogP contribution in [0.5, 0.6) is 0 Å². The lowest BCUT2D eigenvalue weighted by Gasteiger charge is -2.23. The molecule has 1 aliphatic carbocycles. The molecule has 0 saturated heterocycles. The van der Waals surface area contributed by atoms with E-state index in [-0.39, 0.29) is 11.4 Å². The zero-order valence-corrected chi connectivity index (χ0v) is 16.4. The van der Waals surface area contributed by atoms with Crippen molar-refractivity contribution in [3.05, 3.63) is 73.3 Å². The number of nitro benzene ring substituents is 2. The first-order valence-electron chi connectivity index (χ1n) is 9.09. The van der Waals surface area contributed by atoms with Crippen LogP contribution in [0.25, 0.3) is 0 Å². The molecule has 0 radical (unpaired) electrons. The number of benzene rings is 2. The Morgan fingerprint density at radius 1 is 1.13 bits per heavy atom. The number of halogens is 1. The van der Waals surface area contributed by atoms with Gasteiger partial charge in [0.25, 0.3) is 11.4 Å². The highest BCUT2D eigenvalue weighted by molar-refractivity contribution is 6.33. The summed E-state index contributed by atoms with van der Waals surface area (Å²) in [5.74, 6) is -0.479. The second-order valence-corrected chi connectivity index (χ2v) is 7.03. The molecule has 11 heteroatoms. The number of nitrogens with one attached hydrogen (secondary N) is 1. The van der Waals surface area contributed by atoms with Crippen LogP contribution in [0.4, 0.5) is 21.9 Å². The Bertz CT molecular complexity index is 1030. The molecule has 1 atom stereocenters. The summed E-state index contributed by atoms with van der Waals surface area (Å²) in [4.78, 5) is 38.1. The number of hydrogen-bond acceptors (Lipinski definition) is 7. The van der Waals surface area contributed by atoms with E-state index in [0.717, 1.165) is 18.9 Å². The molecule has 1 saturated carbocycles. The van der Waals surface area contributed by atoms with Gasteiger partial charge < -0.3 is 0 Å². The minimum atomic E-state index is -0.849. The minimum absolute atomic E-state index is 0.305. The van der Waals surface area contributed by atoms with Crippen LogP contribution in [0.1, 0.15) is 37.2 Å². The highest BCUT2D eigenvalue weighted by atomic mass is 35.5. The molecule has 1 fully saturated rings. The molecular formula is C19H17ClN4O6. The van der Waals surface area contributed by atoms with Crippen molar-refractivity contribution in [1.82, 2.24) is 0 Å². The van der Waals surface area contributed by atoms with Gasteiger partial charge in [0.15, 0.2) is 0 Å². The number of carbonyl (C=O) groups is 1. The van der Waals surface area contributed by atoms with Gasteiger partial charge in [-0.25, -0.2) is 4.79 Å². The number of carbonyl (C=O) groups excluding carboxylic acids is 1. The normalized spacial score (nSPS) is 17.4. The monoisotopic (exact) mass is 432 g/mol. The van der Waals surface area contributed by atoms with Gasteiger partial charge >= 0.3 is 6.09 Å². The molecule has 2 aromatic rings. The van der Waals surface area contributed by atoms with E-state index in [9.17, 15) is 25.0 Å². The van der Waals surface area contributed by atoms with Crippen LogP contribution >= 0.6 is 11.6 Å². The highest BCUT2D eigenvalue weighted by Gasteiger charge is 2.31. The maximum absolute atomic E-state index is 12.1. The van der Waals surface area contributed by atoms with Crippen LogP contribution < -0.4 is 5.32 Å². The highest BCUT2D eigenvalue weighted by Crippen LogP contribution is 2.37. The third-order valence-corrected chi connectivity index (χ3v) is 5.06. The average molecular weight is 433 g/mol. The molecule has 30 heavy (non-hydrogen) atoms. The molecule has 0 bridgehead atoms. The Morgan fingerprint density at radius 3 is 2.60 bits per heavy atom. The number of nitrogens with zero attached hydrogens (tertiary/aromatic N) is 3. The van der Waals surface area contributed by atoms with Crippen LogP contribution in [0, 0.1) is 20.2 Å². The number of para-hydroxylation sites is 1. The molecule has 2 aromatic carbocycles. The van der Waals surface area contributed by atoms with Gasteiger partial charge in [-0.15, -0.1) is 0 Å². The minimum Gasteiger partial charge on any atom is -0.298 e. The molecule has 156 valence electrons. The van der Waals surface area contributed by atoms with Crippen molar-refractivity contribution in [1.29, 1.82) is 0 Å². The van der Waals surface area contributed by atoms with Crippen LogP contribution in [0.3, 0.4) is 0 Å². The topological polar surface area (TPSA) is 137 Å². The molecule has 0 aliphatic heterocycles. The lowest BCUT2D eigenvalue weighted by molar-refractivity contribution is -0.394. The van der Waals surface area contributed by atoms with E-state index in [1.807, 2.05) is 0 Å². The molecule has 1 amide bonds. The molecule has 1 N–H and O–H groups in total. The van der Waals surface area contributed by atoms with Gasteiger partial charge in [-0.1, -0.05) is 35.3 Å². The summed E-state index contributed by atoms with van der Waals surface area (Å²) in [5, 5.41) is 29.2. The van der Waals surface area contributed by atoms with Crippen LogP contribution in [-0.2, 0) is 4.84 Å². The first-order chi connectivity index (χ1) is 14.4. The SMILES string of the molecule is O=C(Nc1ccccc1Cl)ON=C1CCCCC1c1ccc([N+](=O)[O-])cc1[N+](=O)[O-]. The van der Waals surface area contributed by atoms with E-state index in [1.165, 1.54) is 12.1 Å². The van der Waals surface area contributed by atoms with Gasteiger partial charge in [0, 0.05) is 17.5 Å². The number of amides is 1. The zero-order chi connectivity index (χ0) is 21.7. The lowest BCUT2D eigenvalue weighted by Crippen LogP contribution is -2.20. The molecule has 0 heterocycles. The number of rotatable bonds is 5. The Balaban J connectivity index is 1.83. The smallest absolute Gasteiger partial charge is 0.298 e.